The van der Waals surface area contributed by atoms with E-state index in [9.17, 15) is 4.79 Å². The Bertz CT molecular complexity index is 604. The number of aromatic nitrogens is 2. The number of halogens is 2. The second-order valence-corrected chi connectivity index (χ2v) is 5.79. The first kappa shape index (κ1) is 14.2. The van der Waals surface area contributed by atoms with Crippen LogP contribution in [0.15, 0.2) is 22.7 Å². The molecule has 19 heavy (non-hydrogen) atoms. The predicted molar refractivity (Wildman–Crippen MR) is 81.2 cm³/mol. The Balaban J connectivity index is 2.11. The summed E-state index contributed by atoms with van der Waals surface area (Å²) in [6, 6.07) is 5.13. The van der Waals surface area contributed by atoms with Crippen molar-refractivity contribution in [2.45, 2.75) is 6.92 Å². The molecule has 0 aliphatic carbocycles. The first-order valence-corrected chi connectivity index (χ1v) is 7.42. The number of benzene rings is 1. The second kappa shape index (κ2) is 6.31. The van der Waals surface area contributed by atoms with Gasteiger partial charge in [-0.15, -0.1) is 10.2 Å². The normalized spacial score (nSPS) is 10.3. The Hall–Kier alpha value is -1.18. The number of anilines is 2. The molecule has 0 saturated heterocycles. The zero-order chi connectivity index (χ0) is 13.8. The molecule has 2 aromatic rings. The van der Waals surface area contributed by atoms with Gasteiger partial charge in [-0.3, -0.25) is 4.79 Å². The molecule has 0 fully saturated rings. The molecule has 0 aliphatic rings. The number of hydrogen-bond acceptors (Lipinski definition) is 5. The van der Waals surface area contributed by atoms with Crippen molar-refractivity contribution in [3.05, 3.63) is 32.7 Å². The SMILES string of the molecule is CCNc1nnc(C(=O)Nc2ccc(Cl)cc2Br)s1. The molecule has 0 spiro atoms. The Morgan fingerprint density at radius 3 is 2.95 bits per heavy atom. The van der Waals surface area contributed by atoms with Gasteiger partial charge in [0.25, 0.3) is 5.91 Å². The zero-order valence-electron chi connectivity index (χ0n) is 9.91. The third-order valence-corrected chi connectivity index (χ3v) is 3.90. The van der Waals surface area contributed by atoms with Crippen LogP contribution in [-0.2, 0) is 0 Å². The summed E-state index contributed by atoms with van der Waals surface area (Å²) in [5.41, 5.74) is 0.634. The topological polar surface area (TPSA) is 66.9 Å². The average molecular weight is 362 g/mol. The minimum atomic E-state index is -0.301. The lowest BCUT2D eigenvalue weighted by Gasteiger charge is -2.05. The number of nitrogens with one attached hydrogen (secondary N) is 2. The predicted octanol–water partition coefficient (Wildman–Crippen LogP) is 3.64. The van der Waals surface area contributed by atoms with Crippen molar-refractivity contribution in [2.24, 2.45) is 0 Å². The van der Waals surface area contributed by atoms with Gasteiger partial charge in [-0.1, -0.05) is 22.9 Å². The van der Waals surface area contributed by atoms with E-state index in [0.717, 1.165) is 6.54 Å². The van der Waals surface area contributed by atoms with Crippen LogP contribution in [0.5, 0.6) is 0 Å². The molecule has 100 valence electrons. The molecule has 0 radical (unpaired) electrons. The van der Waals surface area contributed by atoms with Crippen LogP contribution in [0.4, 0.5) is 10.8 Å². The summed E-state index contributed by atoms with van der Waals surface area (Å²) < 4.78 is 0.713. The molecule has 1 heterocycles. The zero-order valence-corrected chi connectivity index (χ0v) is 13.1. The highest BCUT2D eigenvalue weighted by molar-refractivity contribution is 9.10. The molecular formula is C11H10BrClN4OS. The second-order valence-electron chi connectivity index (χ2n) is 3.52. The molecule has 0 bridgehead atoms. The maximum absolute atomic E-state index is 12.0. The minimum absolute atomic E-state index is 0.301. The number of hydrogen-bond donors (Lipinski definition) is 2. The van der Waals surface area contributed by atoms with Crippen molar-refractivity contribution >= 4 is 55.6 Å². The highest BCUT2D eigenvalue weighted by Crippen LogP contribution is 2.26. The van der Waals surface area contributed by atoms with Crippen molar-refractivity contribution in [1.29, 1.82) is 0 Å². The molecule has 2 N–H and O–H groups in total. The van der Waals surface area contributed by atoms with Gasteiger partial charge in [-0.25, -0.2) is 0 Å². The van der Waals surface area contributed by atoms with Crippen LogP contribution < -0.4 is 10.6 Å². The Morgan fingerprint density at radius 1 is 1.47 bits per heavy atom. The van der Waals surface area contributed by atoms with Crippen molar-refractivity contribution < 1.29 is 4.79 Å². The van der Waals surface area contributed by atoms with Gasteiger partial charge in [-0.05, 0) is 41.1 Å². The van der Waals surface area contributed by atoms with Gasteiger partial charge < -0.3 is 10.6 Å². The summed E-state index contributed by atoms with van der Waals surface area (Å²) in [6.07, 6.45) is 0. The van der Waals surface area contributed by atoms with Gasteiger partial charge in [0.05, 0.1) is 5.69 Å². The monoisotopic (exact) mass is 360 g/mol. The number of carbonyl (C=O) groups is 1. The van der Waals surface area contributed by atoms with Crippen molar-refractivity contribution in [3.8, 4) is 0 Å². The fourth-order valence-corrected chi connectivity index (χ4v) is 2.79. The standard InChI is InChI=1S/C11H10BrClN4OS/c1-2-14-11-17-16-10(19-11)9(18)15-8-4-3-6(13)5-7(8)12/h3-5H,2H2,1H3,(H,14,17)(H,15,18). The summed E-state index contributed by atoms with van der Waals surface area (Å²) in [4.78, 5) is 12.0. The largest absolute Gasteiger partial charge is 0.360 e. The number of rotatable bonds is 4. The maximum Gasteiger partial charge on any atom is 0.286 e. The van der Waals surface area contributed by atoms with Crippen molar-refractivity contribution in [3.63, 3.8) is 0 Å². The first-order valence-electron chi connectivity index (χ1n) is 5.44. The Kier molecular flexibility index (Phi) is 4.73. The quantitative estimate of drug-likeness (QED) is 0.872. The average Bonchev–Trinajstić information content (AvgIpc) is 2.82. The van der Waals surface area contributed by atoms with Crippen LogP contribution >= 0.6 is 38.9 Å². The molecule has 0 atom stereocenters. The number of nitrogens with zero attached hydrogens (tertiary/aromatic N) is 2. The van der Waals surface area contributed by atoms with E-state index >= 15 is 0 Å². The van der Waals surface area contributed by atoms with Crippen LogP contribution in [0, 0.1) is 0 Å². The lowest BCUT2D eigenvalue weighted by molar-refractivity contribution is 0.102. The van der Waals surface area contributed by atoms with Crippen LogP contribution in [0.2, 0.25) is 5.02 Å². The molecule has 0 unspecified atom stereocenters. The fourth-order valence-electron chi connectivity index (χ4n) is 1.30. The lowest BCUT2D eigenvalue weighted by Crippen LogP contribution is -2.11. The van der Waals surface area contributed by atoms with Crippen molar-refractivity contribution in [1.82, 2.24) is 10.2 Å². The van der Waals surface area contributed by atoms with Gasteiger partial charge in [0, 0.05) is 16.0 Å². The third-order valence-electron chi connectivity index (χ3n) is 2.13. The van der Waals surface area contributed by atoms with E-state index in [1.807, 2.05) is 6.92 Å². The van der Waals surface area contributed by atoms with E-state index in [4.69, 9.17) is 11.6 Å². The number of carbonyl (C=O) groups excluding carboxylic acids is 1. The molecule has 0 aliphatic heterocycles. The molecule has 5 nitrogen and oxygen atoms in total. The summed E-state index contributed by atoms with van der Waals surface area (Å²) in [5.74, 6) is -0.301. The van der Waals surface area contributed by atoms with E-state index in [2.05, 4.69) is 36.8 Å². The van der Waals surface area contributed by atoms with Gasteiger partial charge >= 0.3 is 0 Å². The third kappa shape index (κ3) is 3.65. The van der Waals surface area contributed by atoms with E-state index in [-0.39, 0.29) is 5.91 Å². The van der Waals surface area contributed by atoms with E-state index in [0.29, 0.717) is 25.3 Å². The lowest BCUT2D eigenvalue weighted by atomic mass is 10.3. The first-order chi connectivity index (χ1) is 9.10. The van der Waals surface area contributed by atoms with E-state index < -0.39 is 0 Å². The van der Waals surface area contributed by atoms with Gasteiger partial charge in [0.2, 0.25) is 10.1 Å². The van der Waals surface area contributed by atoms with Crippen molar-refractivity contribution in [2.75, 3.05) is 17.2 Å². The number of amides is 1. The molecular weight excluding hydrogens is 352 g/mol. The summed E-state index contributed by atoms with van der Waals surface area (Å²) in [5, 5.41) is 15.0. The van der Waals surface area contributed by atoms with Crippen LogP contribution in [0.1, 0.15) is 16.7 Å². The Labute approximate surface area is 127 Å². The molecule has 0 saturated carbocycles. The molecule has 1 aromatic carbocycles. The smallest absolute Gasteiger partial charge is 0.286 e. The molecule has 8 heteroatoms. The summed E-state index contributed by atoms with van der Waals surface area (Å²) in [7, 11) is 0. The van der Waals surface area contributed by atoms with E-state index in [1.54, 1.807) is 18.2 Å². The summed E-state index contributed by atoms with van der Waals surface area (Å²) in [6.45, 7) is 2.69. The van der Waals surface area contributed by atoms with Crippen LogP contribution in [0.3, 0.4) is 0 Å². The van der Waals surface area contributed by atoms with Gasteiger partial charge in [0.15, 0.2) is 0 Å². The van der Waals surface area contributed by atoms with Gasteiger partial charge in [-0.2, -0.15) is 0 Å². The van der Waals surface area contributed by atoms with E-state index in [1.165, 1.54) is 11.3 Å². The minimum Gasteiger partial charge on any atom is -0.360 e. The molecule has 1 aromatic heterocycles. The van der Waals surface area contributed by atoms with Gasteiger partial charge in [0.1, 0.15) is 0 Å². The summed E-state index contributed by atoms with van der Waals surface area (Å²) >= 11 is 10.4. The highest BCUT2D eigenvalue weighted by atomic mass is 79.9. The fraction of sp³-hybridized carbons (Fsp3) is 0.182. The molecule has 1 amide bonds. The maximum atomic E-state index is 12.0. The molecule has 2 rings (SSSR count). The van der Waals surface area contributed by atoms with Crippen LogP contribution in [-0.4, -0.2) is 22.6 Å². The highest BCUT2D eigenvalue weighted by Gasteiger charge is 2.14. The van der Waals surface area contributed by atoms with Crippen LogP contribution in [0.25, 0.3) is 0 Å². The Morgan fingerprint density at radius 2 is 2.26 bits per heavy atom.